The third-order valence-corrected chi connectivity index (χ3v) is 3.50. The first kappa shape index (κ1) is 14.1. The molecule has 1 heterocycles. The second kappa shape index (κ2) is 6.72. The van der Waals surface area contributed by atoms with E-state index in [0.717, 1.165) is 4.88 Å². The summed E-state index contributed by atoms with van der Waals surface area (Å²) < 4.78 is 0. The van der Waals surface area contributed by atoms with Gasteiger partial charge in [0.15, 0.2) is 0 Å². The largest absolute Gasteiger partial charge is 0.336 e. The van der Waals surface area contributed by atoms with Crippen molar-refractivity contribution in [3.8, 4) is 0 Å². The lowest BCUT2D eigenvalue weighted by Crippen LogP contribution is -2.47. The fourth-order valence-corrected chi connectivity index (χ4v) is 2.33. The van der Waals surface area contributed by atoms with E-state index in [2.05, 4.69) is 10.9 Å². The van der Waals surface area contributed by atoms with Crippen LogP contribution in [0.15, 0.2) is 47.8 Å². The fourth-order valence-electron chi connectivity index (χ4n) is 1.58. The second-order valence-electron chi connectivity index (χ2n) is 4.19. The highest BCUT2D eigenvalue weighted by Gasteiger charge is 2.11. The molecule has 0 saturated heterocycles. The number of carbonyl (C=O) groups excluding carboxylic acids is 2. The van der Waals surface area contributed by atoms with E-state index in [1.165, 1.54) is 4.90 Å². The molecule has 5 nitrogen and oxygen atoms in total. The maximum Gasteiger partial charge on any atom is 0.336 e. The first-order valence-corrected chi connectivity index (χ1v) is 6.93. The molecule has 0 unspecified atom stereocenters. The Morgan fingerprint density at radius 1 is 1.10 bits per heavy atom. The summed E-state index contributed by atoms with van der Waals surface area (Å²) >= 11 is 1.58. The van der Waals surface area contributed by atoms with Crippen molar-refractivity contribution in [2.45, 2.75) is 6.54 Å². The smallest absolute Gasteiger partial charge is 0.321 e. The molecule has 6 heteroatoms. The first-order chi connectivity index (χ1) is 9.66. The Balaban J connectivity index is 1.81. The molecule has 0 aliphatic carbocycles. The minimum atomic E-state index is -0.359. The van der Waals surface area contributed by atoms with Gasteiger partial charge in [-0.1, -0.05) is 24.3 Å². The Morgan fingerprint density at radius 2 is 1.85 bits per heavy atom. The Kier molecular flexibility index (Phi) is 4.73. The number of hydrogen-bond donors (Lipinski definition) is 2. The lowest BCUT2D eigenvalue weighted by molar-refractivity contribution is 0.0931. The number of urea groups is 1. The molecule has 104 valence electrons. The number of hydrazine groups is 1. The van der Waals surface area contributed by atoms with E-state index in [0.29, 0.717) is 12.1 Å². The zero-order valence-electron chi connectivity index (χ0n) is 11.0. The van der Waals surface area contributed by atoms with Gasteiger partial charge in [0, 0.05) is 17.5 Å². The number of benzene rings is 1. The highest BCUT2D eigenvalue weighted by Crippen LogP contribution is 2.10. The predicted molar refractivity (Wildman–Crippen MR) is 78.2 cm³/mol. The van der Waals surface area contributed by atoms with E-state index in [9.17, 15) is 9.59 Å². The van der Waals surface area contributed by atoms with E-state index in [1.54, 1.807) is 42.6 Å². The van der Waals surface area contributed by atoms with Gasteiger partial charge in [-0.3, -0.25) is 10.2 Å². The molecule has 3 amide bonds. The average Bonchev–Trinajstić information content (AvgIpc) is 2.98. The van der Waals surface area contributed by atoms with Crippen LogP contribution in [0, 0.1) is 0 Å². The third-order valence-electron chi connectivity index (χ3n) is 2.64. The topological polar surface area (TPSA) is 61.4 Å². The summed E-state index contributed by atoms with van der Waals surface area (Å²) in [6, 6.07) is 12.2. The molecular weight excluding hydrogens is 274 g/mol. The van der Waals surface area contributed by atoms with Crippen LogP contribution < -0.4 is 10.9 Å². The molecular formula is C14H15N3O2S. The van der Waals surface area contributed by atoms with Crippen molar-refractivity contribution >= 4 is 23.3 Å². The van der Waals surface area contributed by atoms with Crippen molar-refractivity contribution in [1.29, 1.82) is 0 Å². The number of rotatable bonds is 3. The monoisotopic (exact) mass is 289 g/mol. The molecule has 0 radical (unpaired) electrons. The highest BCUT2D eigenvalue weighted by molar-refractivity contribution is 7.09. The Labute approximate surface area is 121 Å². The minimum absolute atomic E-state index is 0.344. The lowest BCUT2D eigenvalue weighted by atomic mass is 10.2. The van der Waals surface area contributed by atoms with Crippen molar-refractivity contribution in [2.75, 3.05) is 7.05 Å². The van der Waals surface area contributed by atoms with Gasteiger partial charge in [0.25, 0.3) is 5.91 Å². The van der Waals surface area contributed by atoms with Gasteiger partial charge in [-0.05, 0) is 23.6 Å². The number of amides is 3. The molecule has 20 heavy (non-hydrogen) atoms. The third kappa shape index (κ3) is 3.83. The number of nitrogens with one attached hydrogen (secondary N) is 2. The molecule has 0 spiro atoms. The van der Waals surface area contributed by atoms with E-state index >= 15 is 0 Å². The van der Waals surface area contributed by atoms with Gasteiger partial charge in [0.2, 0.25) is 0 Å². The average molecular weight is 289 g/mol. The van der Waals surface area contributed by atoms with Crippen LogP contribution in [0.4, 0.5) is 4.79 Å². The molecule has 0 aliphatic heterocycles. The van der Waals surface area contributed by atoms with E-state index in [1.807, 2.05) is 23.6 Å². The van der Waals surface area contributed by atoms with Gasteiger partial charge in [0.05, 0.1) is 6.54 Å². The number of hydrogen-bond acceptors (Lipinski definition) is 3. The standard InChI is InChI=1S/C14H15N3O2S/c1-17(10-12-8-5-9-20-12)14(19)16-15-13(18)11-6-3-2-4-7-11/h2-9H,10H2,1H3,(H,15,18)(H,16,19). The van der Waals surface area contributed by atoms with Crippen molar-refractivity contribution < 1.29 is 9.59 Å². The van der Waals surface area contributed by atoms with Crippen LogP contribution in [0.5, 0.6) is 0 Å². The van der Waals surface area contributed by atoms with E-state index < -0.39 is 0 Å². The molecule has 2 rings (SSSR count). The Hall–Kier alpha value is -2.34. The molecule has 1 aromatic carbocycles. The quantitative estimate of drug-likeness (QED) is 0.851. The summed E-state index contributed by atoms with van der Waals surface area (Å²) in [7, 11) is 1.67. The van der Waals surface area contributed by atoms with Gasteiger partial charge in [-0.2, -0.15) is 0 Å². The molecule has 0 bridgehead atoms. The van der Waals surface area contributed by atoms with Crippen LogP contribution in [0.3, 0.4) is 0 Å². The van der Waals surface area contributed by atoms with Crippen molar-refractivity contribution in [2.24, 2.45) is 0 Å². The van der Waals surface area contributed by atoms with Gasteiger partial charge in [0.1, 0.15) is 0 Å². The van der Waals surface area contributed by atoms with E-state index in [-0.39, 0.29) is 11.9 Å². The SMILES string of the molecule is CN(Cc1cccs1)C(=O)NNC(=O)c1ccccc1. The van der Waals surface area contributed by atoms with Crippen LogP contribution in [-0.2, 0) is 6.54 Å². The van der Waals surface area contributed by atoms with Crippen molar-refractivity contribution in [1.82, 2.24) is 15.8 Å². The molecule has 1 aromatic heterocycles. The zero-order valence-corrected chi connectivity index (χ0v) is 11.8. The molecule has 2 N–H and O–H groups in total. The molecule has 2 aromatic rings. The minimum Gasteiger partial charge on any atom is -0.321 e. The Morgan fingerprint density at radius 3 is 2.50 bits per heavy atom. The van der Waals surface area contributed by atoms with Gasteiger partial charge in [-0.25, -0.2) is 10.2 Å². The second-order valence-corrected chi connectivity index (χ2v) is 5.22. The summed E-state index contributed by atoms with van der Waals surface area (Å²) in [5.74, 6) is -0.344. The Bertz CT molecular complexity index is 569. The van der Waals surface area contributed by atoms with Crippen LogP contribution in [0.1, 0.15) is 15.2 Å². The number of carbonyl (C=O) groups is 2. The lowest BCUT2D eigenvalue weighted by Gasteiger charge is -2.17. The van der Waals surface area contributed by atoms with Crippen molar-refractivity contribution in [3.05, 3.63) is 58.3 Å². The van der Waals surface area contributed by atoms with Gasteiger partial charge < -0.3 is 4.90 Å². The summed E-state index contributed by atoms with van der Waals surface area (Å²) in [6.45, 7) is 0.505. The van der Waals surface area contributed by atoms with Gasteiger partial charge in [-0.15, -0.1) is 11.3 Å². The van der Waals surface area contributed by atoms with Crippen LogP contribution in [0.25, 0.3) is 0 Å². The number of thiophene rings is 1. The zero-order chi connectivity index (χ0) is 14.4. The van der Waals surface area contributed by atoms with Crippen LogP contribution >= 0.6 is 11.3 Å². The molecule has 0 atom stereocenters. The van der Waals surface area contributed by atoms with E-state index in [4.69, 9.17) is 0 Å². The molecule has 0 fully saturated rings. The predicted octanol–water partition coefficient (Wildman–Crippen LogP) is 2.23. The normalized spacial score (nSPS) is 9.85. The number of nitrogens with zero attached hydrogens (tertiary/aromatic N) is 1. The van der Waals surface area contributed by atoms with Gasteiger partial charge >= 0.3 is 6.03 Å². The summed E-state index contributed by atoms with van der Waals surface area (Å²) in [4.78, 5) is 26.1. The molecule has 0 aliphatic rings. The van der Waals surface area contributed by atoms with Crippen LogP contribution in [0.2, 0.25) is 0 Å². The van der Waals surface area contributed by atoms with Crippen LogP contribution in [-0.4, -0.2) is 23.9 Å². The highest BCUT2D eigenvalue weighted by atomic mass is 32.1. The molecule has 0 saturated carbocycles. The summed E-state index contributed by atoms with van der Waals surface area (Å²) in [6.07, 6.45) is 0. The maximum absolute atomic E-state index is 11.8. The first-order valence-electron chi connectivity index (χ1n) is 6.05. The maximum atomic E-state index is 11.8. The summed E-state index contributed by atoms with van der Waals surface area (Å²) in [5.41, 5.74) is 5.26. The van der Waals surface area contributed by atoms with Crippen molar-refractivity contribution in [3.63, 3.8) is 0 Å². The fraction of sp³-hybridized carbons (Fsp3) is 0.143. The summed E-state index contributed by atoms with van der Waals surface area (Å²) in [5, 5.41) is 1.96.